The first-order valence-electron chi connectivity index (χ1n) is 2.66. The molecule has 2 unspecified atom stereocenters. The Bertz CT molecular complexity index is 154. The van der Waals surface area contributed by atoms with Crippen molar-refractivity contribution in [2.45, 2.75) is 13.8 Å². The first-order chi connectivity index (χ1) is 4.16. The summed E-state index contributed by atoms with van der Waals surface area (Å²) in [6, 6.07) is 0. The van der Waals surface area contributed by atoms with E-state index < -0.39 is 11.1 Å². The summed E-state index contributed by atoms with van der Waals surface area (Å²) in [6.45, 7) is 3.54. The summed E-state index contributed by atoms with van der Waals surface area (Å²) < 4.78 is 18.5. The van der Waals surface area contributed by atoms with Crippen LogP contribution in [0.2, 0.25) is 0 Å². The average molecular weight is 146 g/mol. The molecule has 0 aromatic heterocycles. The summed E-state index contributed by atoms with van der Waals surface area (Å²) in [5, 5.41) is 0. The third-order valence-electron chi connectivity index (χ3n) is 0.783. The smallest absolute Gasteiger partial charge is 0.154 e. The van der Waals surface area contributed by atoms with Crippen LogP contribution < -0.4 is 0 Å². The van der Waals surface area contributed by atoms with E-state index in [9.17, 15) is 4.21 Å². The molecule has 0 rings (SSSR count). The van der Waals surface area contributed by atoms with E-state index in [2.05, 4.69) is 11.8 Å². The van der Waals surface area contributed by atoms with Crippen molar-refractivity contribution in [1.82, 2.24) is 0 Å². The average Bonchev–Trinajstić information content (AvgIpc) is 1.63. The molecule has 52 valence electrons. The highest BCUT2D eigenvalue weighted by Gasteiger charge is 1.99. The van der Waals surface area contributed by atoms with Gasteiger partial charge in [-0.1, -0.05) is 12.8 Å². The van der Waals surface area contributed by atoms with Crippen LogP contribution >= 0.6 is 0 Å². The summed E-state index contributed by atoms with van der Waals surface area (Å²) in [6.07, 6.45) is 0. The van der Waals surface area contributed by atoms with E-state index in [1.165, 1.54) is 0 Å². The lowest BCUT2D eigenvalue weighted by atomic mass is 10.2. The normalized spacial score (nSPS) is 15.4. The maximum absolute atomic E-state index is 10.1. The van der Waals surface area contributed by atoms with Gasteiger partial charge < -0.3 is 4.55 Å². The van der Waals surface area contributed by atoms with Gasteiger partial charge in [0.2, 0.25) is 0 Å². The van der Waals surface area contributed by atoms with Gasteiger partial charge in [-0.2, -0.15) is 0 Å². The molecule has 0 amide bonds. The Morgan fingerprint density at radius 2 is 2.33 bits per heavy atom. The predicted octanol–water partition coefficient (Wildman–Crippen LogP) is 0.868. The van der Waals surface area contributed by atoms with Crippen molar-refractivity contribution in [2.75, 3.05) is 5.75 Å². The molecule has 0 bridgehead atoms. The van der Waals surface area contributed by atoms with Crippen LogP contribution in [0.15, 0.2) is 0 Å². The van der Waals surface area contributed by atoms with E-state index in [1.807, 2.05) is 6.92 Å². The van der Waals surface area contributed by atoms with Gasteiger partial charge in [0.1, 0.15) is 0 Å². The Balaban J connectivity index is 3.59. The molecule has 0 aromatic carbocycles. The molecule has 3 heteroatoms. The molecular formula is C6H10O2S. The molecule has 2 nitrogen and oxygen atoms in total. The Labute approximate surface area is 57.9 Å². The number of hydrogen-bond donors (Lipinski definition) is 1. The summed E-state index contributed by atoms with van der Waals surface area (Å²) in [5.41, 5.74) is 0. The zero-order chi connectivity index (χ0) is 7.28. The van der Waals surface area contributed by atoms with Crippen molar-refractivity contribution in [2.24, 2.45) is 5.92 Å². The zero-order valence-corrected chi connectivity index (χ0v) is 6.36. The molecule has 0 aliphatic heterocycles. The molecule has 0 aromatic rings. The fraction of sp³-hybridized carbons (Fsp3) is 0.667. The second-order valence-electron chi connectivity index (χ2n) is 1.78. The summed E-state index contributed by atoms with van der Waals surface area (Å²) >= 11 is -1.70. The van der Waals surface area contributed by atoms with Crippen molar-refractivity contribution in [3.8, 4) is 11.8 Å². The van der Waals surface area contributed by atoms with Gasteiger partial charge in [0.15, 0.2) is 11.1 Å². The van der Waals surface area contributed by atoms with Crippen LogP contribution in [0.3, 0.4) is 0 Å². The third-order valence-corrected chi connectivity index (χ3v) is 1.57. The first-order valence-corrected chi connectivity index (χ1v) is 3.94. The van der Waals surface area contributed by atoms with E-state index in [-0.39, 0.29) is 11.7 Å². The lowest BCUT2D eigenvalue weighted by molar-refractivity contribution is 0.558. The fourth-order valence-corrected chi connectivity index (χ4v) is 1.01. The number of rotatable bonds is 2. The molecule has 0 fully saturated rings. The Morgan fingerprint density at radius 1 is 1.78 bits per heavy atom. The Hall–Kier alpha value is -0.330. The lowest BCUT2D eigenvalue weighted by Crippen LogP contribution is -2.03. The van der Waals surface area contributed by atoms with E-state index in [4.69, 9.17) is 4.55 Å². The highest BCUT2D eigenvalue weighted by molar-refractivity contribution is 7.79. The van der Waals surface area contributed by atoms with Crippen LogP contribution in [0, 0.1) is 17.8 Å². The lowest BCUT2D eigenvalue weighted by Gasteiger charge is -1.95. The molecule has 0 saturated heterocycles. The summed E-state index contributed by atoms with van der Waals surface area (Å²) in [7, 11) is 0. The molecule has 0 spiro atoms. The van der Waals surface area contributed by atoms with Crippen molar-refractivity contribution < 1.29 is 8.76 Å². The van der Waals surface area contributed by atoms with Crippen molar-refractivity contribution in [3.63, 3.8) is 0 Å². The molecule has 1 N–H and O–H groups in total. The number of hydrogen-bond acceptors (Lipinski definition) is 1. The Kier molecular flexibility index (Phi) is 4.37. The van der Waals surface area contributed by atoms with Crippen molar-refractivity contribution >= 4 is 11.1 Å². The largest absolute Gasteiger partial charge is 0.306 e. The van der Waals surface area contributed by atoms with Crippen LogP contribution in [-0.4, -0.2) is 14.5 Å². The predicted molar refractivity (Wildman–Crippen MR) is 38.3 cm³/mol. The van der Waals surface area contributed by atoms with E-state index in [1.54, 1.807) is 6.92 Å². The van der Waals surface area contributed by atoms with Gasteiger partial charge in [0.05, 0.1) is 5.75 Å². The molecule has 0 aliphatic rings. The monoisotopic (exact) mass is 146 g/mol. The van der Waals surface area contributed by atoms with Gasteiger partial charge >= 0.3 is 0 Å². The second-order valence-corrected chi connectivity index (χ2v) is 2.76. The molecule has 0 radical (unpaired) electrons. The standard InChI is InChI=1S/C6H10O2S/c1-3-4-6(2)5-9(7)8/h6H,5H2,1-2H3,(H,7,8). The van der Waals surface area contributed by atoms with Crippen LogP contribution in [0.25, 0.3) is 0 Å². The van der Waals surface area contributed by atoms with Crippen LogP contribution in [-0.2, 0) is 11.1 Å². The van der Waals surface area contributed by atoms with Gasteiger partial charge in [-0.25, -0.2) is 4.21 Å². The minimum absolute atomic E-state index is 0.0285. The maximum Gasteiger partial charge on any atom is 0.154 e. The molecular weight excluding hydrogens is 136 g/mol. The third kappa shape index (κ3) is 5.54. The highest BCUT2D eigenvalue weighted by atomic mass is 32.2. The van der Waals surface area contributed by atoms with Crippen LogP contribution in [0.1, 0.15) is 13.8 Å². The van der Waals surface area contributed by atoms with Gasteiger partial charge in [-0.05, 0) is 6.92 Å². The first kappa shape index (κ1) is 8.67. The fourth-order valence-electron chi connectivity index (χ4n) is 0.502. The van der Waals surface area contributed by atoms with Crippen LogP contribution in [0.5, 0.6) is 0 Å². The minimum atomic E-state index is -1.70. The van der Waals surface area contributed by atoms with E-state index in [0.29, 0.717) is 0 Å². The quantitative estimate of drug-likeness (QED) is 0.463. The van der Waals surface area contributed by atoms with Gasteiger partial charge in [0, 0.05) is 5.92 Å². The molecule has 0 saturated carbocycles. The molecule has 0 aliphatic carbocycles. The van der Waals surface area contributed by atoms with Crippen molar-refractivity contribution in [3.05, 3.63) is 0 Å². The molecule has 9 heavy (non-hydrogen) atoms. The topological polar surface area (TPSA) is 37.3 Å². The van der Waals surface area contributed by atoms with E-state index >= 15 is 0 Å². The van der Waals surface area contributed by atoms with Gasteiger partial charge in [0.25, 0.3) is 0 Å². The van der Waals surface area contributed by atoms with Crippen molar-refractivity contribution in [1.29, 1.82) is 0 Å². The highest BCUT2D eigenvalue weighted by Crippen LogP contribution is 1.92. The minimum Gasteiger partial charge on any atom is -0.306 e. The van der Waals surface area contributed by atoms with Gasteiger partial charge in [-0.3, -0.25) is 0 Å². The van der Waals surface area contributed by atoms with E-state index in [0.717, 1.165) is 0 Å². The molecule has 2 atom stereocenters. The molecule has 0 heterocycles. The SMILES string of the molecule is CC#CC(C)CS(=O)O. The van der Waals surface area contributed by atoms with Crippen LogP contribution in [0.4, 0.5) is 0 Å². The maximum atomic E-state index is 10.1. The second kappa shape index (κ2) is 4.54. The summed E-state index contributed by atoms with van der Waals surface area (Å²) in [5.74, 6) is 5.73. The Morgan fingerprint density at radius 3 is 2.67 bits per heavy atom. The van der Waals surface area contributed by atoms with Gasteiger partial charge in [-0.15, -0.1) is 5.92 Å². The summed E-state index contributed by atoms with van der Waals surface area (Å²) in [4.78, 5) is 0. The zero-order valence-electron chi connectivity index (χ0n) is 5.55.